The van der Waals surface area contributed by atoms with Crippen molar-refractivity contribution in [2.24, 2.45) is 11.7 Å². The molecule has 0 saturated carbocycles. The van der Waals surface area contributed by atoms with Gasteiger partial charge in [0.2, 0.25) is 5.91 Å². The van der Waals surface area contributed by atoms with Crippen molar-refractivity contribution in [3.05, 3.63) is 28.7 Å². The van der Waals surface area contributed by atoms with E-state index in [-0.39, 0.29) is 11.5 Å². The number of primary amides is 1. The van der Waals surface area contributed by atoms with Crippen LogP contribution in [0.4, 0.5) is 5.69 Å². The second-order valence-electron chi connectivity index (χ2n) is 5.45. The fraction of sp³-hybridized carbons (Fsp3) is 0.571. The fourth-order valence-corrected chi connectivity index (χ4v) is 2.67. The molecule has 1 aromatic heterocycles. The van der Waals surface area contributed by atoms with Crippen LogP contribution in [0.5, 0.6) is 0 Å². The van der Waals surface area contributed by atoms with Gasteiger partial charge in [-0.05, 0) is 37.9 Å². The van der Waals surface area contributed by atoms with Gasteiger partial charge in [0, 0.05) is 37.5 Å². The first-order valence-electron chi connectivity index (χ1n) is 7.01. The van der Waals surface area contributed by atoms with Crippen LogP contribution in [0.3, 0.4) is 0 Å². The molecule has 0 aliphatic carbocycles. The van der Waals surface area contributed by atoms with Gasteiger partial charge in [0.25, 0.3) is 5.56 Å². The fourth-order valence-electron chi connectivity index (χ4n) is 2.67. The molecule has 4 N–H and O–H groups in total. The minimum absolute atomic E-state index is 0.0252. The molecule has 0 aromatic carbocycles. The molecule has 0 spiro atoms. The van der Waals surface area contributed by atoms with Crippen LogP contribution < -0.4 is 17.0 Å². The lowest BCUT2D eigenvalue weighted by Crippen LogP contribution is -2.38. The van der Waals surface area contributed by atoms with Crippen LogP contribution in [0.25, 0.3) is 0 Å². The number of piperidine rings is 1. The van der Waals surface area contributed by atoms with Crippen LogP contribution in [0, 0.1) is 5.92 Å². The van der Waals surface area contributed by atoms with E-state index in [1.807, 2.05) is 0 Å². The molecule has 1 amide bonds. The molecule has 2 heterocycles. The van der Waals surface area contributed by atoms with E-state index in [0.29, 0.717) is 24.6 Å². The number of nitrogen functional groups attached to an aromatic ring is 1. The Morgan fingerprint density at radius 2 is 1.95 bits per heavy atom. The van der Waals surface area contributed by atoms with Crippen molar-refractivity contribution in [2.45, 2.75) is 25.8 Å². The Bertz CT molecular complexity index is 518. The number of hydrogen-bond donors (Lipinski definition) is 2. The smallest absolute Gasteiger partial charge is 0.250 e. The largest absolute Gasteiger partial charge is 0.398 e. The van der Waals surface area contributed by atoms with Crippen LogP contribution >= 0.6 is 0 Å². The Hall–Kier alpha value is -1.82. The average molecular weight is 278 g/mol. The summed E-state index contributed by atoms with van der Waals surface area (Å²) in [5, 5.41) is 0. The number of nitrogens with zero attached hydrogens (tertiary/aromatic N) is 2. The predicted molar refractivity (Wildman–Crippen MR) is 78.1 cm³/mol. The molecule has 0 atom stereocenters. The molecule has 6 nitrogen and oxygen atoms in total. The first-order valence-corrected chi connectivity index (χ1v) is 7.01. The molecule has 6 heteroatoms. The van der Waals surface area contributed by atoms with Crippen molar-refractivity contribution >= 4 is 11.6 Å². The molecule has 1 aliphatic rings. The molecule has 0 unspecified atom stereocenters. The van der Waals surface area contributed by atoms with E-state index >= 15 is 0 Å². The minimum atomic E-state index is -0.213. The normalized spacial score (nSPS) is 17.2. The van der Waals surface area contributed by atoms with Gasteiger partial charge in [-0.1, -0.05) is 0 Å². The number of nitrogens with two attached hydrogens (primary N) is 2. The van der Waals surface area contributed by atoms with Crippen molar-refractivity contribution in [1.82, 2.24) is 9.47 Å². The molecule has 2 rings (SSSR count). The second-order valence-corrected chi connectivity index (χ2v) is 5.45. The number of rotatable bonds is 5. The molecule has 1 saturated heterocycles. The van der Waals surface area contributed by atoms with E-state index in [1.54, 1.807) is 16.8 Å². The van der Waals surface area contributed by atoms with Gasteiger partial charge in [-0.3, -0.25) is 9.59 Å². The van der Waals surface area contributed by atoms with Crippen LogP contribution in [0.15, 0.2) is 23.1 Å². The first-order chi connectivity index (χ1) is 9.54. The number of amides is 1. The minimum Gasteiger partial charge on any atom is -0.398 e. The van der Waals surface area contributed by atoms with Crippen molar-refractivity contribution in [1.29, 1.82) is 0 Å². The molecular weight excluding hydrogens is 256 g/mol. The Kier molecular flexibility index (Phi) is 4.79. The molecule has 20 heavy (non-hydrogen) atoms. The van der Waals surface area contributed by atoms with E-state index < -0.39 is 0 Å². The third kappa shape index (κ3) is 4.09. The van der Waals surface area contributed by atoms with Gasteiger partial charge in [-0.15, -0.1) is 0 Å². The Balaban J connectivity index is 1.80. The lowest BCUT2D eigenvalue weighted by atomic mass is 9.93. The quantitative estimate of drug-likeness (QED) is 0.793. The van der Waals surface area contributed by atoms with Crippen LogP contribution in [-0.2, 0) is 11.3 Å². The van der Waals surface area contributed by atoms with Crippen molar-refractivity contribution in [2.75, 3.05) is 25.4 Å². The van der Waals surface area contributed by atoms with Crippen molar-refractivity contribution < 1.29 is 4.79 Å². The standard InChI is InChI=1S/C14H22N4O2/c15-12-1-2-14(20)18(10-12)8-7-17-5-3-11(4-6-17)9-13(16)19/h1-2,10-11H,3-9,15H2,(H2,16,19). The predicted octanol–water partition coefficient (Wildman–Crippen LogP) is 0.0179. The number of carbonyl (C=O) groups excluding carboxylic acids is 1. The maximum Gasteiger partial charge on any atom is 0.250 e. The zero-order valence-corrected chi connectivity index (χ0v) is 11.6. The third-order valence-corrected chi connectivity index (χ3v) is 3.86. The number of likely N-dealkylation sites (tertiary alicyclic amines) is 1. The average Bonchev–Trinajstić information content (AvgIpc) is 2.41. The van der Waals surface area contributed by atoms with Crippen molar-refractivity contribution in [3.63, 3.8) is 0 Å². The van der Waals surface area contributed by atoms with Gasteiger partial charge >= 0.3 is 0 Å². The summed E-state index contributed by atoms with van der Waals surface area (Å²) in [4.78, 5) is 24.9. The maximum atomic E-state index is 11.7. The van der Waals surface area contributed by atoms with E-state index in [1.165, 1.54) is 6.07 Å². The van der Waals surface area contributed by atoms with E-state index in [9.17, 15) is 9.59 Å². The lowest BCUT2D eigenvalue weighted by molar-refractivity contribution is -0.119. The molecule has 1 fully saturated rings. The Labute approximate surface area is 118 Å². The number of aromatic nitrogens is 1. The highest BCUT2D eigenvalue weighted by Crippen LogP contribution is 2.19. The highest BCUT2D eigenvalue weighted by atomic mass is 16.1. The number of hydrogen-bond acceptors (Lipinski definition) is 4. The van der Waals surface area contributed by atoms with E-state index in [0.717, 1.165) is 32.5 Å². The van der Waals surface area contributed by atoms with Crippen LogP contribution in [0.2, 0.25) is 0 Å². The molecule has 110 valence electrons. The summed E-state index contributed by atoms with van der Waals surface area (Å²) in [6.07, 6.45) is 4.16. The highest BCUT2D eigenvalue weighted by Gasteiger charge is 2.20. The number of anilines is 1. The SMILES string of the molecule is NC(=O)CC1CCN(CCn2cc(N)ccc2=O)CC1. The molecule has 1 aromatic rings. The summed E-state index contributed by atoms with van der Waals surface area (Å²) in [5.41, 5.74) is 11.5. The summed E-state index contributed by atoms with van der Waals surface area (Å²) < 4.78 is 1.64. The molecule has 1 aliphatic heterocycles. The van der Waals surface area contributed by atoms with Gasteiger partial charge in [0.05, 0.1) is 0 Å². The lowest BCUT2D eigenvalue weighted by Gasteiger charge is -2.31. The van der Waals surface area contributed by atoms with Gasteiger partial charge in [0.15, 0.2) is 0 Å². The summed E-state index contributed by atoms with van der Waals surface area (Å²) in [5.74, 6) is 0.202. The molecule has 0 bridgehead atoms. The van der Waals surface area contributed by atoms with Crippen LogP contribution in [0.1, 0.15) is 19.3 Å². The molecular formula is C14H22N4O2. The highest BCUT2D eigenvalue weighted by molar-refractivity contribution is 5.73. The topological polar surface area (TPSA) is 94.3 Å². The Morgan fingerprint density at radius 1 is 1.25 bits per heavy atom. The van der Waals surface area contributed by atoms with Gasteiger partial charge in [-0.25, -0.2) is 0 Å². The van der Waals surface area contributed by atoms with Crippen LogP contribution in [-0.4, -0.2) is 35.0 Å². The van der Waals surface area contributed by atoms with Gasteiger partial charge in [-0.2, -0.15) is 0 Å². The first kappa shape index (κ1) is 14.6. The van der Waals surface area contributed by atoms with E-state index in [4.69, 9.17) is 11.5 Å². The third-order valence-electron chi connectivity index (χ3n) is 3.86. The summed E-state index contributed by atoms with van der Waals surface area (Å²) >= 11 is 0. The Morgan fingerprint density at radius 3 is 2.60 bits per heavy atom. The van der Waals surface area contributed by atoms with Gasteiger partial charge < -0.3 is 20.9 Å². The number of pyridine rings is 1. The van der Waals surface area contributed by atoms with Crippen molar-refractivity contribution in [3.8, 4) is 0 Å². The summed E-state index contributed by atoms with van der Waals surface area (Å²) in [6.45, 7) is 3.38. The van der Waals surface area contributed by atoms with E-state index in [2.05, 4.69) is 4.90 Å². The summed E-state index contributed by atoms with van der Waals surface area (Å²) in [6, 6.07) is 3.11. The molecule has 0 radical (unpaired) electrons. The maximum absolute atomic E-state index is 11.7. The van der Waals surface area contributed by atoms with Gasteiger partial charge in [0.1, 0.15) is 0 Å². The zero-order chi connectivity index (χ0) is 14.5. The monoisotopic (exact) mass is 278 g/mol. The number of carbonyl (C=O) groups is 1. The summed E-state index contributed by atoms with van der Waals surface area (Å²) in [7, 11) is 0. The second kappa shape index (κ2) is 6.56. The zero-order valence-electron chi connectivity index (χ0n) is 11.6.